The summed E-state index contributed by atoms with van der Waals surface area (Å²) in [5, 5.41) is 2.10. The Morgan fingerprint density at radius 2 is 1.89 bits per heavy atom. The van der Waals surface area contributed by atoms with Crippen LogP contribution in [0.1, 0.15) is 29.7 Å². The fourth-order valence-corrected chi connectivity index (χ4v) is 3.28. The molecule has 18 heavy (non-hydrogen) atoms. The Balaban J connectivity index is 1.87. The molecule has 0 aliphatic carbocycles. The van der Waals surface area contributed by atoms with E-state index in [4.69, 9.17) is 4.74 Å². The van der Waals surface area contributed by atoms with Gasteiger partial charge in [-0.05, 0) is 31.0 Å². The lowest BCUT2D eigenvalue weighted by Gasteiger charge is -2.20. The van der Waals surface area contributed by atoms with Crippen LogP contribution in [0.2, 0.25) is 0 Å². The fourth-order valence-electron chi connectivity index (χ4n) is 2.48. The molecule has 0 saturated carbocycles. The molecular weight excluding hydrogens is 242 g/mol. The van der Waals surface area contributed by atoms with Crippen LogP contribution in [0.25, 0.3) is 0 Å². The highest BCUT2D eigenvalue weighted by Gasteiger charge is 2.38. The third kappa shape index (κ3) is 1.99. The van der Waals surface area contributed by atoms with Gasteiger partial charge in [0.2, 0.25) is 0 Å². The highest BCUT2D eigenvalue weighted by Crippen LogP contribution is 2.42. The number of rotatable bonds is 2. The topological polar surface area (TPSA) is 12.5 Å². The fraction of sp³-hybridized carbons (Fsp3) is 0.333. The van der Waals surface area contributed by atoms with Crippen molar-refractivity contribution in [2.75, 3.05) is 7.05 Å². The monoisotopic (exact) mass is 259 g/mol. The molecule has 1 saturated heterocycles. The zero-order valence-electron chi connectivity index (χ0n) is 10.6. The Kier molecular flexibility index (Phi) is 3.20. The van der Waals surface area contributed by atoms with Crippen LogP contribution in [-0.2, 0) is 4.74 Å². The molecule has 2 heterocycles. The van der Waals surface area contributed by atoms with E-state index in [9.17, 15) is 0 Å². The SMILES string of the molecule is C[C@@H]1[C@@H](c2ccccc2)OC(c2cccs2)N1C. The van der Waals surface area contributed by atoms with Gasteiger partial charge in [-0.25, -0.2) is 0 Å². The van der Waals surface area contributed by atoms with Gasteiger partial charge in [0, 0.05) is 10.9 Å². The number of thiophene rings is 1. The van der Waals surface area contributed by atoms with Crippen LogP contribution in [0.5, 0.6) is 0 Å². The summed E-state index contributed by atoms with van der Waals surface area (Å²) in [6, 6.07) is 15.1. The molecule has 2 nitrogen and oxygen atoms in total. The normalized spacial score (nSPS) is 28.7. The summed E-state index contributed by atoms with van der Waals surface area (Å²) in [7, 11) is 2.14. The molecule has 1 aliphatic rings. The summed E-state index contributed by atoms with van der Waals surface area (Å²) in [5.41, 5.74) is 1.26. The van der Waals surface area contributed by atoms with Gasteiger partial charge in [-0.3, -0.25) is 4.90 Å². The molecule has 1 aromatic heterocycles. The van der Waals surface area contributed by atoms with Gasteiger partial charge in [0.15, 0.2) is 0 Å². The maximum absolute atomic E-state index is 6.25. The van der Waals surface area contributed by atoms with Gasteiger partial charge in [0.1, 0.15) is 12.3 Å². The first kappa shape index (κ1) is 11.9. The van der Waals surface area contributed by atoms with E-state index in [1.165, 1.54) is 10.4 Å². The van der Waals surface area contributed by atoms with Crippen molar-refractivity contribution >= 4 is 11.3 Å². The molecule has 0 bridgehead atoms. The van der Waals surface area contributed by atoms with Crippen LogP contribution in [0.4, 0.5) is 0 Å². The Morgan fingerprint density at radius 1 is 1.11 bits per heavy atom. The van der Waals surface area contributed by atoms with Crippen LogP contribution < -0.4 is 0 Å². The van der Waals surface area contributed by atoms with E-state index >= 15 is 0 Å². The quantitative estimate of drug-likeness (QED) is 0.812. The molecule has 3 heteroatoms. The number of nitrogens with zero attached hydrogens (tertiary/aromatic N) is 1. The summed E-state index contributed by atoms with van der Waals surface area (Å²) in [4.78, 5) is 3.59. The smallest absolute Gasteiger partial charge is 0.147 e. The van der Waals surface area contributed by atoms with Gasteiger partial charge >= 0.3 is 0 Å². The van der Waals surface area contributed by atoms with Crippen molar-refractivity contribution in [3.63, 3.8) is 0 Å². The number of likely N-dealkylation sites (N-methyl/N-ethyl adjacent to an activating group) is 1. The third-order valence-electron chi connectivity index (χ3n) is 3.64. The van der Waals surface area contributed by atoms with Gasteiger partial charge < -0.3 is 4.74 Å². The second-order valence-corrected chi connectivity index (χ2v) is 5.72. The molecule has 1 fully saturated rings. The zero-order valence-corrected chi connectivity index (χ0v) is 11.4. The number of benzene rings is 1. The van der Waals surface area contributed by atoms with Crippen molar-refractivity contribution in [3.05, 3.63) is 58.3 Å². The van der Waals surface area contributed by atoms with Gasteiger partial charge in [0.25, 0.3) is 0 Å². The van der Waals surface area contributed by atoms with E-state index in [1.807, 2.05) is 6.07 Å². The van der Waals surface area contributed by atoms with E-state index in [0.717, 1.165) is 0 Å². The highest BCUT2D eigenvalue weighted by atomic mass is 32.1. The molecule has 0 amide bonds. The summed E-state index contributed by atoms with van der Waals surface area (Å²) < 4.78 is 6.25. The minimum absolute atomic E-state index is 0.0882. The van der Waals surface area contributed by atoms with E-state index in [2.05, 4.69) is 60.6 Å². The highest BCUT2D eigenvalue weighted by molar-refractivity contribution is 7.10. The molecule has 1 aliphatic heterocycles. The van der Waals surface area contributed by atoms with E-state index in [0.29, 0.717) is 6.04 Å². The first-order valence-corrected chi connectivity index (χ1v) is 7.11. The van der Waals surface area contributed by atoms with Gasteiger partial charge in [-0.15, -0.1) is 11.3 Å². The van der Waals surface area contributed by atoms with Crippen molar-refractivity contribution in [3.8, 4) is 0 Å². The molecule has 1 unspecified atom stereocenters. The predicted molar refractivity (Wildman–Crippen MR) is 74.6 cm³/mol. The van der Waals surface area contributed by atoms with E-state index in [-0.39, 0.29) is 12.3 Å². The van der Waals surface area contributed by atoms with Crippen molar-refractivity contribution in [2.24, 2.45) is 0 Å². The summed E-state index contributed by atoms with van der Waals surface area (Å²) >= 11 is 1.76. The average molecular weight is 259 g/mol. The van der Waals surface area contributed by atoms with Crippen LogP contribution in [0.15, 0.2) is 47.8 Å². The predicted octanol–water partition coefficient (Wildman–Crippen LogP) is 3.84. The minimum atomic E-state index is 0.0882. The number of ether oxygens (including phenoxy) is 1. The summed E-state index contributed by atoms with van der Waals surface area (Å²) in [6.07, 6.45) is 0.244. The van der Waals surface area contributed by atoms with E-state index in [1.54, 1.807) is 11.3 Å². The molecule has 3 rings (SSSR count). The lowest BCUT2D eigenvalue weighted by atomic mass is 10.0. The van der Waals surface area contributed by atoms with Gasteiger partial charge in [-0.2, -0.15) is 0 Å². The summed E-state index contributed by atoms with van der Waals surface area (Å²) in [5.74, 6) is 0. The average Bonchev–Trinajstić information content (AvgIpc) is 3.01. The third-order valence-corrected chi connectivity index (χ3v) is 4.54. The number of hydrogen-bond acceptors (Lipinski definition) is 3. The lowest BCUT2D eigenvalue weighted by molar-refractivity contribution is 0.00809. The standard InChI is InChI=1S/C15H17NOS/c1-11-14(12-7-4-3-5-8-12)17-15(16(11)2)13-9-6-10-18-13/h3-11,14-15H,1-2H3/t11-,14+,15?/m1/s1. The Labute approximate surface area is 112 Å². The Bertz CT molecular complexity index is 496. The molecular formula is C15H17NOS. The van der Waals surface area contributed by atoms with Crippen molar-refractivity contribution < 1.29 is 4.74 Å². The second-order valence-electron chi connectivity index (χ2n) is 4.74. The van der Waals surface area contributed by atoms with Crippen LogP contribution in [-0.4, -0.2) is 18.0 Å². The first-order chi connectivity index (χ1) is 8.77. The minimum Gasteiger partial charge on any atom is -0.348 e. The zero-order chi connectivity index (χ0) is 12.5. The van der Waals surface area contributed by atoms with Crippen molar-refractivity contribution in [1.29, 1.82) is 0 Å². The summed E-state index contributed by atoms with van der Waals surface area (Å²) in [6.45, 7) is 2.23. The van der Waals surface area contributed by atoms with Crippen LogP contribution in [0, 0.1) is 0 Å². The lowest BCUT2D eigenvalue weighted by Crippen LogP contribution is -2.26. The molecule has 0 radical (unpaired) electrons. The van der Waals surface area contributed by atoms with Crippen molar-refractivity contribution in [1.82, 2.24) is 4.90 Å². The second kappa shape index (κ2) is 4.84. The van der Waals surface area contributed by atoms with Crippen LogP contribution >= 0.6 is 11.3 Å². The number of hydrogen-bond donors (Lipinski definition) is 0. The molecule has 3 atom stereocenters. The molecule has 1 aromatic carbocycles. The van der Waals surface area contributed by atoms with Gasteiger partial charge in [0.05, 0.1) is 0 Å². The Morgan fingerprint density at radius 3 is 2.56 bits per heavy atom. The molecule has 0 N–H and O–H groups in total. The first-order valence-electron chi connectivity index (χ1n) is 6.23. The van der Waals surface area contributed by atoms with Crippen LogP contribution in [0.3, 0.4) is 0 Å². The molecule has 94 valence electrons. The maximum atomic E-state index is 6.25. The molecule has 2 aromatic rings. The van der Waals surface area contributed by atoms with E-state index < -0.39 is 0 Å². The maximum Gasteiger partial charge on any atom is 0.147 e. The molecule has 0 spiro atoms. The Hall–Kier alpha value is -1.16. The van der Waals surface area contributed by atoms with Crippen molar-refractivity contribution in [2.45, 2.75) is 25.3 Å². The largest absolute Gasteiger partial charge is 0.348 e. The van der Waals surface area contributed by atoms with Gasteiger partial charge in [-0.1, -0.05) is 36.4 Å².